The summed E-state index contributed by atoms with van der Waals surface area (Å²) in [6.45, 7) is 5.32. The van der Waals surface area contributed by atoms with Crippen LogP contribution >= 0.6 is 11.6 Å². The maximum absolute atomic E-state index is 9.55. The summed E-state index contributed by atoms with van der Waals surface area (Å²) in [4.78, 5) is 2.32. The zero-order chi connectivity index (χ0) is 15.2. The standard InChI is InChI=1S/C16H24ClNO3/c1-3-8-21-16-14(17)9-12(10-15(16)20-2)11-18-6-4-13(19)5-7-18/h9-10,13,19H,3-8,11H2,1-2H3. The lowest BCUT2D eigenvalue weighted by molar-refractivity contribution is 0.0792. The zero-order valence-corrected chi connectivity index (χ0v) is 13.5. The topological polar surface area (TPSA) is 41.9 Å². The van der Waals surface area contributed by atoms with Crippen LogP contribution in [0, 0.1) is 0 Å². The molecule has 0 unspecified atom stereocenters. The van der Waals surface area contributed by atoms with Crippen molar-refractivity contribution in [3.05, 3.63) is 22.7 Å². The minimum absolute atomic E-state index is 0.149. The number of aliphatic hydroxyl groups excluding tert-OH is 1. The van der Waals surface area contributed by atoms with Crippen LogP contribution < -0.4 is 9.47 Å². The molecule has 1 heterocycles. The molecule has 1 aliphatic rings. The molecule has 0 aliphatic carbocycles. The highest BCUT2D eigenvalue weighted by Crippen LogP contribution is 2.37. The van der Waals surface area contributed by atoms with Crippen LogP contribution in [0.3, 0.4) is 0 Å². The third kappa shape index (κ3) is 4.50. The fourth-order valence-electron chi connectivity index (χ4n) is 2.54. The molecule has 1 fully saturated rings. The van der Waals surface area contributed by atoms with Gasteiger partial charge < -0.3 is 14.6 Å². The van der Waals surface area contributed by atoms with Crippen LogP contribution in [0.25, 0.3) is 0 Å². The Morgan fingerprint density at radius 1 is 1.33 bits per heavy atom. The van der Waals surface area contributed by atoms with E-state index in [0.717, 1.165) is 44.5 Å². The molecule has 5 heteroatoms. The second-order valence-corrected chi connectivity index (χ2v) is 5.87. The molecule has 4 nitrogen and oxygen atoms in total. The SMILES string of the molecule is CCCOc1c(Cl)cc(CN2CCC(O)CC2)cc1OC. The third-order valence-electron chi connectivity index (χ3n) is 3.70. The van der Waals surface area contributed by atoms with E-state index in [9.17, 15) is 5.11 Å². The molecule has 1 aliphatic heterocycles. The number of hydrogen-bond donors (Lipinski definition) is 1. The fourth-order valence-corrected chi connectivity index (χ4v) is 2.83. The maximum atomic E-state index is 9.55. The molecule has 1 aromatic rings. The van der Waals surface area contributed by atoms with E-state index in [-0.39, 0.29) is 6.10 Å². The van der Waals surface area contributed by atoms with Gasteiger partial charge in [0.1, 0.15) is 0 Å². The van der Waals surface area contributed by atoms with Crippen molar-refractivity contribution in [3.8, 4) is 11.5 Å². The van der Waals surface area contributed by atoms with Crippen LogP contribution in [0.4, 0.5) is 0 Å². The Balaban J connectivity index is 2.08. The van der Waals surface area contributed by atoms with Crippen molar-refractivity contribution < 1.29 is 14.6 Å². The molecule has 1 aromatic carbocycles. The molecule has 1 saturated heterocycles. The van der Waals surface area contributed by atoms with E-state index in [1.807, 2.05) is 12.1 Å². The number of piperidine rings is 1. The molecular formula is C16H24ClNO3. The highest BCUT2D eigenvalue weighted by atomic mass is 35.5. The quantitative estimate of drug-likeness (QED) is 0.876. The van der Waals surface area contributed by atoms with Gasteiger partial charge in [0.25, 0.3) is 0 Å². The van der Waals surface area contributed by atoms with Gasteiger partial charge in [0.2, 0.25) is 0 Å². The van der Waals surface area contributed by atoms with Crippen molar-refractivity contribution in [2.45, 2.75) is 38.8 Å². The Bertz CT molecular complexity index is 459. The van der Waals surface area contributed by atoms with Crippen molar-refractivity contribution in [1.29, 1.82) is 0 Å². The normalized spacial score (nSPS) is 17.0. The van der Waals surface area contributed by atoms with E-state index in [2.05, 4.69) is 11.8 Å². The van der Waals surface area contributed by atoms with Crippen molar-refractivity contribution in [2.75, 3.05) is 26.8 Å². The monoisotopic (exact) mass is 313 g/mol. The van der Waals surface area contributed by atoms with Crippen LogP contribution in [-0.2, 0) is 6.54 Å². The van der Waals surface area contributed by atoms with Gasteiger partial charge in [0.15, 0.2) is 11.5 Å². The predicted octanol–water partition coefficient (Wildman–Crippen LogP) is 3.09. The Morgan fingerprint density at radius 3 is 2.67 bits per heavy atom. The molecule has 0 aromatic heterocycles. The minimum atomic E-state index is -0.149. The van der Waals surface area contributed by atoms with Gasteiger partial charge in [-0.15, -0.1) is 0 Å². The highest BCUT2D eigenvalue weighted by molar-refractivity contribution is 6.32. The number of methoxy groups -OCH3 is 1. The molecule has 1 N–H and O–H groups in total. The lowest BCUT2D eigenvalue weighted by Gasteiger charge is -2.29. The Labute approximate surface area is 131 Å². The number of likely N-dealkylation sites (tertiary alicyclic amines) is 1. The molecule has 2 rings (SSSR count). The molecule has 0 bridgehead atoms. The third-order valence-corrected chi connectivity index (χ3v) is 3.98. The number of rotatable bonds is 6. The van der Waals surface area contributed by atoms with Crippen LogP contribution in [0.15, 0.2) is 12.1 Å². The van der Waals surface area contributed by atoms with Crippen LogP contribution in [0.5, 0.6) is 11.5 Å². The summed E-state index contributed by atoms with van der Waals surface area (Å²) in [7, 11) is 1.63. The van der Waals surface area contributed by atoms with Gasteiger partial charge in [0, 0.05) is 19.6 Å². The molecular weight excluding hydrogens is 290 g/mol. The van der Waals surface area contributed by atoms with Gasteiger partial charge >= 0.3 is 0 Å². The first kappa shape index (κ1) is 16.4. The Morgan fingerprint density at radius 2 is 2.05 bits per heavy atom. The molecule has 21 heavy (non-hydrogen) atoms. The number of halogens is 1. The number of nitrogens with zero attached hydrogens (tertiary/aromatic N) is 1. The molecule has 0 atom stereocenters. The van der Waals surface area contributed by atoms with E-state index in [1.54, 1.807) is 7.11 Å². The van der Waals surface area contributed by atoms with E-state index in [1.165, 1.54) is 0 Å². The average Bonchev–Trinajstić information content (AvgIpc) is 2.48. The smallest absolute Gasteiger partial charge is 0.179 e. The van der Waals surface area contributed by atoms with Gasteiger partial charge in [-0.2, -0.15) is 0 Å². The van der Waals surface area contributed by atoms with E-state index in [0.29, 0.717) is 23.1 Å². The van der Waals surface area contributed by atoms with E-state index in [4.69, 9.17) is 21.1 Å². The van der Waals surface area contributed by atoms with Gasteiger partial charge in [-0.05, 0) is 37.0 Å². The van der Waals surface area contributed by atoms with Crippen molar-refractivity contribution in [3.63, 3.8) is 0 Å². The summed E-state index contributed by atoms with van der Waals surface area (Å²) >= 11 is 6.33. The van der Waals surface area contributed by atoms with Gasteiger partial charge in [0.05, 0.1) is 24.8 Å². The number of benzene rings is 1. The summed E-state index contributed by atoms with van der Waals surface area (Å²) < 4.78 is 11.1. The van der Waals surface area contributed by atoms with Crippen molar-refractivity contribution in [1.82, 2.24) is 4.90 Å². The molecule has 0 radical (unpaired) electrons. The first-order valence-corrected chi connectivity index (χ1v) is 7.91. The molecule has 118 valence electrons. The van der Waals surface area contributed by atoms with Gasteiger partial charge in [-0.1, -0.05) is 18.5 Å². The average molecular weight is 314 g/mol. The summed E-state index contributed by atoms with van der Waals surface area (Å²) in [5, 5.41) is 10.1. The number of ether oxygens (including phenoxy) is 2. The summed E-state index contributed by atoms with van der Waals surface area (Å²) in [6.07, 6.45) is 2.45. The Hall–Kier alpha value is -0.970. The highest BCUT2D eigenvalue weighted by Gasteiger charge is 2.18. The van der Waals surface area contributed by atoms with Crippen molar-refractivity contribution >= 4 is 11.6 Å². The maximum Gasteiger partial charge on any atom is 0.179 e. The van der Waals surface area contributed by atoms with Crippen molar-refractivity contribution in [2.24, 2.45) is 0 Å². The zero-order valence-electron chi connectivity index (χ0n) is 12.8. The Kier molecular flexibility index (Phi) is 6.15. The first-order chi connectivity index (χ1) is 10.1. The predicted molar refractivity (Wildman–Crippen MR) is 84.3 cm³/mol. The molecule has 0 amide bonds. The van der Waals surface area contributed by atoms with E-state index < -0.39 is 0 Å². The second-order valence-electron chi connectivity index (χ2n) is 5.46. The van der Waals surface area contributed by atoms with Crippen LogP contribution in [0.1, 0.15) is 31.7 Å². The molecule has 0 saturated carbocycles. The largest absolute Gasteiger partial charge is 0.493 e. The summed E-state index contributed by atoms with van der Waals surface area (Å²) in [5.74, 6) is 1.31. The summed E-state index contributed by atoms with van der Waals surface area (Å²) in [6, 6.07) is 3.93. The van der Waals surface area contributed by atoms with Gasteiger partial charge in [-0.25, -0.2) is 0 Å². The van der Waals surface area contributed by atoms with Crippen LogP contribution in [-0.4, -0.2) is 42.9 Å². The lowest BCUT2D eigenvalue weighted by Crippen LogP contribution is -2.35. The van der Waals surface area contributed by atoms with E-state index >= 15 is 0 Å². The lowest BCUT2D eigenvalue weighted by atomic mass is 10.1. The van der Waals surface area contributed by atoms with Crippen LogP contribution in [0.2, 0.25) is 5.02 Å². The second kappa shape index (κ2) is 7.87. The fraction of sp³-hybridized carbons (Fsp3) is 0.625. The first-order valence-electron chi connectivity index (χ1n) is 7.53. The van der Waals surface area contributed by atoms with Gasteiger partial charge in [-0.3, -0.25) is 4.90 Å². The number of aliphatic hydroxyl groups is 1. The molecule has 0 spiro atoms. The minimum Gasteiger partial charge on any atom is -0.493 e. The summed E-state index contributed by atoms with van der Waals surface area (Å²) in [5.41, 5.74) is 1.11. The number of hydrogen-bond acceptors (Lipinski definition) is 4.